The Balaban J connectivity index is 2.01. The van der Waals surface area contributed by atoms with Gasteiger partial charge in [0.1, 0.15) is 5.75 Å². The van der Waals surface area contributed by atoms with Gasteiger partial charge in [0.05, 0.1) is 24.0 Å². The van der Waals surface area contributed by atoms with Crippen LogP contribution in [0.25, 0.3) is 33.2 Å². The Morgan fingerprint density at radius 3 is 2.57 bits per heavy atom. The molecule has 0 unspecified atom stereocenters. The number of rotatable bonds is 3. The quantitative estimate of drug-likeness (QED) is 0.601. The van der Waals surface area contributed by atoms with Crippen molar-refractivity contribution in [1.29, 1.82) is 0 Å². The fraction of sp³-hybridized carbons (Fsp3) is 0.222. The molecule has 4 rings (SSSR count). The van der Waals surface area contributed by atoms with Crippen LogP contribution in [0.4, 0.5) is 0 Å². The summed E-state index contributed by atoms with van der Waals surface area (Å²) in [5.74, 6) is 0.847. The lowest BCUT2D eigenvalue weighted by Crippen LogP contribution is -1.88. The molecule has 0 aliphatic carbocycles. The second kappa shape index (κ2) is 5.12. The molecule has 0 amide bonds. The van der Waals surface area contributed by atoms with Gasteiger partial charge < -0.3 is 4.74 Å². The number of aryl methyl sites for hydroxylation is 2. The maximum atomic E-state index is 5.24. The van der Waals surface area contributed by atoms with Crippen LogP contribution in [-0.4, -0.2) is 27.3 Å². The van der Waals surface area contributed by atoms with Crippen LogP contribution in [0, 0.1) is 6.92 Å². The SMILES string of the molecule is CCc1cnc2nc(C)c3c(-c4ccc(OC)cc4)[nH][nH]c3c12. The number of methoxy groups -OCH3 is 1. The number of benzene rings is 1. The molecule has 0 aliphatic heterocycles. The Hall–Kier alpha value is -2.82. The highest BCUT2D eigenvalue weighted by Gasteiger charge is 2.17. The lowest BCUT2D eigenvalue weighted by molar-refractivity contribution is 0.415. The maximum Gasteiger partial charge on any atom is 0.161 e. The zero-order valence-corrected chi connectivity index (χ0v) is 13.4. The Labute approximate surface area is 133 Å². The number of hydrogen-bond acceptors (Lipinski definition) is 3. The number of nitrogens with zero attached hydrogens (tertiary/aromatic N) is 2. The van der Waals surface area contributed by atoms with Crippen molar-refractivity contribution >= 4 is 21.9 Å². The molecule has 0 bridgehead atoms. The number of hydrogen-bond donors (Lipinski definition) is 2. The van der Waals surface area contributed by atoms with Gasteiger partial charge in [0.2, 0.25) is 0 Å². The lowest BCUT2D eigenvalue weighted by atomic mass is 10.0. The van der Waals surface area contributed by atoms with Gasteiger partial charge in [0, 0.05) is 22.5 Å². The number of H-pyrrole nitrogens is 2. The molecule has 5 heteroatoms. The highest BCUT2D eigenvalue weighted by atomic mass is 16.5. The van der Waals surface area contributed by atoms with Gasteiger partial charge in [-0.2, -0.15) is 0 Å². The molecule has 0 fully saturated rings. The van der Waals surface area contributed by atoms with Crippen LogP contribution >= 0.6 is 0 Å². The summed E-state index contributed by atoms with van der Waals surface area (Å²) < 4.78 is 5.24. The summed E-state index contributed by atoms with van der Waals surface area (Å²) in [7, 11) is 1.67. The van der Waals surface area contributed by atoms with Crippen molar-refractivity contribution < 1.29 is 4.74 Å². The average molecular weight is 306 g/mol. The van der Waals surface area contributed by atoms with Crippen LogP contribution in [0.5, 0.6) is 5.75 Å². The number of fused-ring (bicyclic) bond motifs is 3. The second-order valence-electron chi connectivity index (χ2n) is 5.64. The minimum Gasteiger partial charge on any atom is -0.497 e. The van der Waals surface area contributed by atoms with Gasteiger partial charge in [-0.15, -0.1) is 0 Å². The maximum absolute atomic E-state index is 5.24. The van der Waals surface area contributed by atoms with Gasteiger partial charge >= 0.3 is 0 Å². The van der Waals surface area contributed by atoms with Crippen molar-refractivity contribution in [2.45, 2.75) is 20.3 Å². The first-order valence-corrected chi connectivity index (χ1v) is 7.71. The van der Waals surface area contributed by atoms with E-state index in [9.17, 15) is 0 Å². The Morgan fingerprint density at radius 2 is 1.87 bits per heavy atom. The predicted molar refractivity (Wildman–Crippen MR) is 91.8 cm³/mol. The molecule has 23 heavy (non-hydrogen) atoms. The number of nitrogens with one attached hydrogen (secondary N) is 2. The van der Waals surface area contributed by atoms with Crippen LogP contribution in [0.2, 0.25) is 0 Å². The van der Waals surface area contributed by atoms with Crippen molar-refractivity contribution in [3.8, 4) is 17.0 Å². The van der Waals surface area contributed by atoms with Crippen molar-refractivity contribution in [3.05, 3.63) is 41.7 Å². The largest absolute Gasteiger partial charge is 0.497 e. The van der Waals surface area contributed by atoms with Gasteiger partial charge in [-0.3, -0.25) is 10.2 Å². The van der Waals surface area contributed by atoms with E-state index in [0.29, 0.717) is 0 Å². The zero-order valence-electron chi connectivity index (χ0n) is 13.4. The number of ether oxygens (including phenoxy) is 1. The van der Waals surface area contributed by atoms with Gasteiger partial charge in [-0.05, 0) is 43.2 Å². The fourth-order valence-corrected chi connectivity index (χ4v) is 3.15. The molecule has 3 aromatic heterocycles. The lowest BCUT2D eigenvalue weighted by Gasteiger charge is -2.04. The van der Waals surface area contributed by atoms with Crippen molar-refractivity contribution in [2.24, 2.45) is 0 Å². The van der Waals surface area contributed by atoms with E-state index in [0.717, 1.165) is 51.1 Å². The minimum absolute atomic E-state index is 0.809. The van der Waals surface area contributed by atoms with Crippen molar-refractivity contribution in [3.63, 3.8) is 0 Å². The Kier molecular flexibility index (Phi) is 3.08. The second-order valence-corrected chi connectivity index (χ2v) is 5.64. The summed E-state index contributed by atoms with van der Waals surface area (Å²) in [6.45, 7) is 4.16. The van der Waals surface area contributed by atoms with Gasteiger partial charge in [-0.25, -0.2) is 9.97 Å². The monoisotopic (exact) mass is 306 g/mol. The molecule has 0 radical (unpaired) electrons. The van der Waals surface area contributed by atoms with Gasteiger partial charge in [-0.1, -0.05) is 6.92 Å². The molecule has 0 atom stereocenters. The van der Waals surface area contributed by atoms with Crippen LogP contribution < -0.4 is 4.74 Å². The normalized spacial score (nSPS) is 11.4. The summed E-state index contributed by atoms with van der Waals surface area (Å²) in [4.78, 5) is 9.13. The zero-order chi connectivity index (χ0) is 16.0. The Morgan fingerprint density at radius 1 is 1.09 bits per heavy atom. The first-order chi connectivity index (χ1) is 11.2. The van der Waals surface area contributed by atoms with Gasteiger partial charge in [0.15, 0.2) is 5.65 Å². The highest BCUT2D eigenvalue weighted by Crippen LogP contribution is 2.34. The van der Waals surface area contributed by atoms with E-state index in [1.807, 2.05) is 37.4 Å². The molecule has 4 aromatic rings. The third-order valence-corrected chi connectivity index (χ3v) is 4.34. The molecular weight excluding hydrogens is 288 g/mol. The van der Waals surface area contributed by atoms with E-state index < -0.39 is 0 Å². The number of aromatic amines is 2. The molecule has 3 heterocycles. The fourth-order valence-electron chi connectivity index (χ4n) is 3.15. The summed E-state index contributed by atoms with van der Waals surface area (Å²) in [5, 5.41) is 8.86. The third kappa shape index (κ3) is 2.00. The van der Waals surface area contributed by atoms with E-state index in [-0.39, 0.29) is 0 Å². The summed E-state index contributed by atoms with van der Waals surface area (Å²) in [6, 6.07) is 8.02. The first kappa shape index (κ1) is 13.8. The van der Waals surface area contributed by atoms with E-state index in [1.165, 1.54) is 5.56 Å². The van der Waals surface area contributed by atoms with Crippen LogP contribution in [0.1, 0.15) is 18.2 Å². The standard InChI is InChI=1S/C18H18N4O/c1-4-11-9-19-18-15(11)17-14(10(2)20-18)16(21-22-17)12-5-7-13(23-3)8-6-12/h5-9,21-22H,4H2,1-3H3. The van der Waals surface area contributed by atoms with E-state index in [1.54, 1.807) is 7.11 Å². The molecule has 0 saturated heterocycles. The van der Waals surface area contributed by atoms with Crippen molar-refractivity contribution in [1.82, 2.24) is 20.2 Å². The molecule has 116 valence electrons. The summed E-state index contributed by atoms with van der Waals surface area (Å²) in [5.41, 5.74) is 6.21. The first-order valence-electron chi connectivity index (χ1n) is 7.71. The van der Waals surface area contributed by atoms with Crippen LogP contribution in [-0.2, 0) is 6.42 Å². The minimum atomic E-state index is 0.809. The molecular formula is C18H18N4O. The molecule has 1 aromatic carbocycles. The van der Waals surface area contributed by atoms with E-state index >= 15 is 0 Å². The molecule has 0 aliphatic rings. The van der Waals surface area contributed by atoms with Crippen LogP contribution in [0.15, 0.2) is 30.5 Å². The smallest absolute Gasteiger partial charge is 0.161 e. The average Bonchev–Trinajstić information content (AvgIpc) is 3.18. The van der Waals surface area contributed by atoms with E-state index in [2.05, 4.69) is 27.1 Å². The summed E-state index contributed by atoms with van der Waals surface area (Å²) >= 11 is 0. The molecule has 0 spiro atoms. The molecule has 5 nitrogen and oxygen atoms in total. The third-order valence-electron chi connectivity index (χ3n) is 4.34. The number of aromatic nitrogens is 4. The predicted octanol–water partition coefficient (Wildman–Crippen LogP) is 3.99. The van der Waals surface area contributed by atoms with Gasteiger partial charge in [0.25, 0.3) is 0 Å². The Bertz CT molecular complexity index is 995. The highest BCUT2D eigenvalue weighted by molar-refractivity contribution is 6.09. The number of pyridine rings is 1. The summed E-state index contributed by atoms with van der Waals surface area (Å²) in [6.07, 6.45) is 2.86. The van der Waals surface area contributed by atoms with Crippen LogP contribution in [0.3, 0.4) is 0 Å². The van der Waals surface area contributed by atoms with Crippen molar-refractivity contribution in [2.75, 3.05) is 7.11 Å². The molecule has 2 N–H and O–H groups in total. The van der Waals surface area contributed by atoms with E-state index in [4.69, 9.17) is 4.74 Å². The molecule has 0 saturated carbocycles. The topological polar surface area (TPSA) is 66.6 Å².